The molecular weight excluding hydrogens is 178 g/mol. The molecule has 0 unspecified atom stereocenters. The van der Waals surface area contributed by atoms with Gasteiger partial charge in [-0.15, -0.1) is 0 Å². The van der Waals surface area contributed by atoms with E-state index in [0.29, 0.717) is 0 Å². The minimum absolute atomic E-state index is 0.424. The topological polar surface area (TPSA) is 50.1 Å². The van der Waals surface area contributed by atoms with Crippen LogP contribution in [0, 0.1) is 0 Å². The second-order valence-corrected chi connectivity index (χ2v) is 4.67. The molecule has 4 heteroatoms. The fourth-order valence-corrected chi connectivity index (χ4v) is 0.919. The van der Waals surface area contributed by atoms with Crippen molar-refractivity contribution in [2.24, 2.45) is 7.05 Å². The number of nitrogens with one attached hydrogen (secondary N) is 1. The predicted molar refractivity (Wildman–Crippen MR) is 57.2 cm³/mol. The Morgan fingerprint density at radius 2 is 1.93 bits per heavy atom. The Morgan fingerprint density at radius 1 is 1.36 bits per heavy atom. The normalized spacial score (nSPS) is 13.0. The molecule has 1 aromatic rings. The van der Waals surface area contributed by atoms with Crippen LogP contribution in [0.25, 0.3) is 0 Å². The van der Waals surface area contributed by atoms with Crippen LogP contribution >= 0.6 is 0 Å². The van der Waals surface area contributed by atoms with Crippen molar-refractivity contribution in [3.63, 3.8) is 0 Å². The molecule has 1 aromatic heterocycles. The van der Waals surface area contributed by atoms with Gasteiger partial charge in [-0.3, -0.25) is 0 Å². The van der Waals surface area contributed by atoms with E-state index in [-0.39, 0.29) is 0 Å². The van der Waals surface area contributed by atoms with Crippen LogP contribution in [0.1, 0.15) is 27.7 Å². The van der Waals surface area contributed by atoms with Crippen molar-refractivity contribution in [3.8, 4) is 0 Å². The molecule has 0 aliphatic heterocycles. The van der Waals surface area contributed by atoms with E-state index < -0.39 is 11.1 Å². The van der Waals surface area contributed by atoms with E-state index >= 15 is 0 Å². The Kier molecular flexibility index (Phi) is 2.58. The lowest BCUT2D eigenvalue weighted by Gasteiger charge is -2.38. The highest BCUT2D eigenvalue weighted by molar-refractivity contribution is 5.31. The largest absolute Gasteiger partial charge is 0.388 e. The van der Waals surface area contributed by atoms with E-state index in [1.165, 1.54) is 0 Å². The van der Waals surface area contributed by atoms with Crippen molar-refractivity contribution >= 4 is 5.95 Å². The number of anilines is 1. The molecule has 2 N–H and O–H groups in total. The summed E-state index contributed by atoms with van der Waals surface area (Å²) in [5, 5.41) is 13.1. The summed E-state index contributed by atoms with van der Waals surface area (Å²) < 4.78 is 1.88. The number of aliphatic hydroxyl groups is 1. The maximum atomic E-state index is 9.94. The van der Waals surface area contributed by atoms with Gasteiger partial charge in [-0.05, 0) is 27.7 Å². The summed E-state index contributed by atoms with van der Waals surface area (Å²) in [6, 6.07) is 0. The Hall–Kier alpha value is -1.03. The zero-order valence-electron chi connectivity index (χ0n) is 9.50. The van der Waals surface area contributed by atoms with Gasteiger partial charge in [-0.25, -0.2) is 4.98 Å². The zero-order valence-corrected chi connectivity index (χ0v) is 9.50. The molecule has 0 saturated heterocycles. The lowest BCUT2D eigenvalue weighted by atomic mass is 9.86. The maximum Gasteiger partial charge on any atom is 0.203 e. The summed E-state index contributed by atoms with van der Waals surface area (Å²) in [4.78, 5) is 4.16. The number of hydrogen-bond donors (Lipinski definition) is 2. The Bertz CT molecular complexity index is 309. The highest BCUT2D eigenvalue weighted by Gasteiger charge is 2.35. The molecule has 80 valence electrons. The number of imidazole rings is 1. The van der Waals surface area contributed by atoms with Gasteiger partial charge in [0.15, 0.2) is 0 Å². The third-order valence-electron chi connectivity index (χ3n) is 2.77. The van der Waals surface area contributed by atoms with Crippen LogP contribution in [-0.4, -0.2) is 25.8 Å². The number of hydrogen-bond acceptors (Lipinski definition) is 3. The number of aryl methyl sites for hydroxylation is 1. The van der Waals surface area contributed by atoms with Gasteiger partial charge in [0.1, 0.15) is 0 Å². The van der Waals surface area contributed by atoms with E-state index in [1.54, 1.807) is 20.0 Å². The van der Waals surface area contributed by atoms with Crippen LogP contribution in [0.15, 0.2) is 12.4 Å². The van der Waals surface area contributed by atoms with E-state index in [9.17, 15) is 5.11 Å². The number of aromatic nitrogens is 2. The second kappa shape index (κ2) is 3.28. The molecule has 0 radical (unpaired) electrons. The van der Waals surface area contributed by atoms with E-state index in [2.05, 4.69) is 10.3 Å². The highest BCUT2D eigenvalue weighted by atomic mass is 16.3. The molecule has 0 aliphatic carbocycles. The lowest BCUT2D eigenvalue weighted by molar-refractivity contribution is 0.0236. The summed E-state index contributed by atoms with van der Waals surface area (Å²) in [5.74, 6) is 0.761. The first-order valence-corrected chi connectivity index (χ1v) is 4.72. The molecular formula is C10H19N3O. The monoisotopic (exact) mass is 197 g/mol. The minimum atomic E-state index is -0.807. The van der Waals surface area contributed by atoms with Crippen molar-refractivity contribution < 1.29 is 5.11 Å². The van der Waals surface area contributed by atoms with Crippen LogP contribution in [0.4, 0.5) is 5.95 Å². The first-order valence-electron chi connectivity index (χ1n) is 4.72. The molecule has 0 bridgehead atoms. The molecule has 0 amide bonds. The molecule has 0 spiro atoms. The van der Waals surface area contributed by atoms with Gasteiger partial charge in [0.2, 0.25) is 5.95 Å². The number of rotatable bonds is 3. The Balaban J connectivity index is 2.84. The fourth-order valence-electron chi connectivity index (χ4n) is 0.919. The molecule has 0 fully saturated rings. The standard InChI is InChI=1S/C10H19N3O/c1-9(2,10(3,4)14)12-8-11-6-7-13(8)5/h6-7,14H,1-5H3,(H,11,12). The van der Waals surface area contributed by atoms with E-state index in [4.69, 9.17) is 0 Å². The average Bonchev–Trinajstić information content (AvgIpc) is 2.33. The smallest absolute Gasteiger partial charge is 0.203 e. The second-order valence-electron chi connectivity index (χ2n) is 4.67. The number of nitrogens with zero attached hydrogens (tertiary/aromatic N) is 2. The van der Waals surface area contributed by atoms with Gasteiger partial charge in [-0.1, -0.05) is 0 Å². The molecule has 0 atom stereocenters. The Labute approximate surface area is 85.0 Å². The quantitative estimate of drug-likeness (QED) is 0.769. The third kappa shape index (κ3) is 2.07. The van der Waals surface area contributed by atoms with Gasteiger partial charge in [0.25, 0.3) is 0 Å². The maximum absolute atomic E-state index is 9.94. The summed E-state index contributed by atoms with van der Waals surface area (Å²) in [6.45, 7) is 7.45. The average molecular weight is 197 g/mol. The zero-order chi connectivity index (χ0) is 11.0. The van der Waals surface area contributed by atoms with E-state index in [0.717, 1.165) is 5.95 Å². The predicted octanol–water partition coefficient (Wildman–Crippen LogP) is 1.38. The van der Waals surface area contributed by atoms with Crippen molar-refractivity contribution in [2.45, 2.75) is 38.8 Å². The summed E-state index contributed by atoms with van der Waals surface area (Å²) in [7, 11) is 1.91. The van der Waals surface area contributed by atoms with Crippen molar-refractivity contribution in [3.05, 3.63) is 12.4 Å². The van der Waals surface area contributed by atoms with Crippen LogP contribution < -0.4 is 5.32 Å². The SMILES string of the molecule is Cn1ccnc1NC(C)(C)C(C)(C)O. The first-order chi connectivity index (χ1) is 6.24. The molecule has 14 heavy (non-hydrogen) atoms. The van der Waals surface area contributed by atoms with Crippen LogP contribution in [0.5, 0.6) is 0 Å². The van der Waals surface area contributed by atoms with Crippen LogP contribution in [0.2, 0.25) is 0 Å². The molecule has 1 rings (SSSR count). The molecule has 0 saturated carbocycles. The van der Waals surface area contributed by atoms with Gasteiger partial charge >= 0.3 is 0 Å². The fraction of sp³-hybridized carbons (Fsp3) is 0.700. The van der Waals surface area contributed by atoms with Crippen LogP contribution in [0.3, 0.4) is 0 Å². The Morgan fingerprint density at radius 3 is 2.29 bits per heavy atom. The molecule has 1 heterocycles. The van der Waals surface area contributed by atoms with Gasteiger partial charge < -0.3 is 15.0 Å². The summed E-state index contributed by atoms with van der Waals surface area (Å²) in [5.41, 5.74) is -1.23. The van der Waals surface area contributed by atoms with Gasteiger partial charge in [0, 0.05) is 19.4 Å². The van der Waals surface area contributed by atoms with Crippen molar-refractivity contribution in [1.82, 2.24) is 9.55 Å². The highest BCUT2D eigenvalue weighted by Crippen LogP contribution is 2.24. The van der Waals surface area contributed by atoms with Gasteiger partial charge in [0.05, 0.1) is 11.1 Å². The molecule has 4 nitrogen and oxygen atoms in total. The van der Waals surface area contributed by atoms with Gasteiger partial charge in [-0.2, -0.15) is 0 Å². The summed E-state index contributed by atoms with van der Waals surface area (Å²) >= 11 is 0. The lowest BCUT2D eigenvalue weighted by Crippen LogP contribution is -2.51. The molecule has 0 aliphatic rings. The van der Waals surface area contributed by atoms with Crippen molar-refractivity contribution in [1.29, 1.82) is 0 Å². The van der Waals surface area contributed by atoms with E-state index in [1.807, 2.05) is 31.7 Å². The summed E-state index contributed by atoms with van der Waals surface area (Å²) in [6.07, 6.45) is 3.59. The van der Waals surface area contributed by atoms with Crippen LogP contribution in [-0.2, 0) is 7.05 Å². The third-order valence-corrected chi connectivity index (χ3v) is 2.77. The minimum Gasteiger partial charge on any atom is -0.388 e. The van der Waals surface area contributed by atoms with Crippen molar-refractivity contribution in [2.75, 3.05) is 5.32 Å². The molecule has 0 aromatic carbocycles. The first kappa shape index (κ1) is 11.0.